The fraction of sp³-hybridized carbons (Fsp3) is 0.778. The second kappa shape index (κ2) is 14.6. The van der Waals surface area contributed by atoms with Gasteiger partial charge in [-0.15, -0.1) is 0 Å². The van der Waals surface area contributed by atoms with Crippen molar-refractivity contribution in [2.75, 3.05) is 0 Å². The van der Waals surface area contributed by atoms with E-state index in [4.69, 9.17) is 10.8 Å². The van der Waals surface area contributed by atoms with E-state index in [9.17, 15) is 9.59 Å². The van der Waals surface area contributed by atoms with Crippen LogP contribution in [0.2, 0.25) is 0 Å². The van der Waals surface area contributed by atoms with Crippen LogP contribution in [0.5, 0.6) is 0 Å². The summed E-state index contributed by atoms with van der Waals surface area (Å²) in [5, 5.41) is 8.64. The van der Waals surface area contributed by atoms with Crippen LogP contribution in [0, 0.1) is 0 Å². The van der Waals surface area contributed by atoms with Crippen LogP contribution in [0.15, 0.2) is 11.6 Å². The van der Waals surface area contributed by atoms with Crippen molar-refractivity contribution in [1.82, 2.24) is 0 Å². The molecule has 0 spiro atoms. The van der Waals surface area contributed by atoms with Crippen LogP contribution < -0.4 is 5.73 Å². The first-order valence-electron chi connectivity index (χ1n) is 8.81. The molecular weight excluding hydrogens is 278 g/mol. The molecule has 4 heteroatoms. The summed E-state index contributed by atoms with van der Waals surface area (Å²) in [7, 11) is 0. The Balaban J connectivity index is 3.43. The fourth-order valence-electron chi connectivity index (χ4n) is 2.57. The van der Waals surface area contributed by atoms with Gasteiger partial charge in [0.2, 0.25) is 5.91 Å². The number of hydrogen-bond acceptors (Lipinski definition) is 2. The van der Waals surface area contributed by atoms with Crippen molar-refractivity contribution in [1.29, 1.82) is 0 Å². The summed E-state index contributed by atoms with van der Waals surface area (Å²) in [5.74, 6) is -1.72. The largest absolute Gasteiger partial charge is 0.478 e. The second-order valence-corrected chi connectivity index (χ2v) is 6.01. The minimum Gasteiger partial charge on any atom is -0.478 e. The molecule has 0 unspecified atom stereocenters. The molecule has 22 heavy (non-hydrogen) atoms. The normalized spacial score (nSPS) is 11.6. The lowest BCUT2D eigenvalue weighted by atomic mass is 10.0. The summed E-state index contributed by atoms with van der Waals surface area (Å²) in [6.07, 6.45) is 16.4. The van der Waals surface area contributed by atoms with Crippen LogP contribution in [-0.2, 0) is 9.59 Å². The molecule has 0 aliphatic heterocycles. The first-order chi connectivity index (χ1) is 10.6. The highest BCUT2D eigenvalue weighted by molar-refractivity contribution is 5.97. The average molecular weight is 311 g/mol. The highest BCUT2D eigenvalue weighted by Crippen LogP contribution is 2.14. The molecule has 0 heterocycles. The molecule has 4 nitrogen and oxygen atoms in total. The minimum atomic E-state index is -1.10. The molecule has 0 saturated heterocycles. The maximum atomic E-state index is 11.1. The number of hydrogen-bond donors (Lipinski definition) is 2. The minimum absolute atomic E-state index is 0.222. The van der Waals surface area contributed by atoms with Crippen LogP contribution in [0.1, 0.15) is 90.4 Å². The summed E-state index contributed by atoms with van der Waals surface area (Å²) in [5.41, 5.74) is 5.38. The highest BCUT2D eigenvalue weighted by atomic mass is 16.4. The van der Waals surface area contributed by atoms with Crippen LogP contribution in [-0.4, -0.2) is 17.0 Å². The van der Waals surface area contributed by atoms with Gasteiger partial charge in [-0.2, -0.15) is 0 Å². The quantitative estimate of drug-likeness (QED) is 0.343. The van der Waals surface area contributed by atoms with E-state index in [0.29, 0.717) is 6.42 Å². The Morgan fingerprint density at radius 1 is 0.818 bits per heavy atom. The van der Waals surface area contributed by atoms with Crippen LogP contribution in [0.4, 0.5) is 0 Å². The molecular formula is C18H33NO3. The fourth-order valence-corrected chi connectivity index (χ4v) is 2.57. The first kappa shape index (κ1) is 20.7. The van der Waals surface area contributed by atoms with E-state index in [1.54, 1.807) is 0 Å². The summed E-state index contributed by atoms with van der Waals surface area (Å²) in [6.45, 7) is 2.24. The molecule has 0 aromatic carbocycles. The predicted octanol–water partition coefficient (Wildman–Crippen LogP) is 4.57. The van der Waals surface area contributed by atoms with Crippen LogP contribution >= 0.6 is 0 Å². The van der Waals surface area contributed by atoms with Gasteiger partial charge in [-0.1, -0.05) is 77.6 Å². The van der Waals surface area contributed by atoms with Gasteiger partial charge in [0.1, 0.15) is 0 Å². The zero-order chi connectivity index (χ0) is 16.6. The Labute approximate surface area is 135 Å². The summed E-state index contributed by atoms with van der Waals surface area (Å²) >= 11 is 0. The Bertz CT molecular complexity index is 337. The Kier molecular flexibility index (Phi) is 13.7. The topological polar surface area (TPSA) is 80.4 Å². The second-order valence-electron chi connectivity index (χ2n) is 6.01. The summed E-state index contributed by atoms with van der Waals surface area (Å²) in [4.78, 5) is 21.6. The molecule has 0 saturated carbocycles. The van der Waals surface area contributed by atoms with Gasteiger partial charge in [-0.05, 0) is 12.8 Å². The maximum absolute atomic E-state index is 11.1. The zero-order valence-corrected chi connectivity index (χ0v) is 14.1. The standard InChI is InChI=1S/C18H33NO3/c1-2-3-4-5-6-7-8-9-10-11-12-13-14-16(18(19)22)15-17(20)21/h15H,2-14H2,1H3,(H2,19,22)(H,20,21)/b16-15-. The molecule has 0 aliphatic rings. The number of carboxylic acid groups (broad SMARTS) is 1. The smallest absolute Gasteiger partial charge is 0.328 e. The third-order valence-electron chi connectivity index (χ3n) is 3.91. The molecule has 0 fully saturated rings. The van der Waals surface area contributed by atoms with Crippen molar-refractivity contribution >= 4 is 11.9 Å². The van der Waals surface area contributed by atoms with Crippen LogP contribution in [0.3, 0.4) is 0 Å². The average Bonchev–Trinajstić information content (AvgIpc) is 2.46. The molecule has 0 aliphatic carbocycles. The van der Waals surface area contributed by atoms with E-state index in [2.05, 4.69) is 6.92 Å². The molecule has 128 valence electrons. The Morgan fingerprint density at radius 2 is 1.23 bits per heavy atom. The number of primary amides is 1. The van der Waals surface area contributed by atoms with Gasteiger partial charge in [0.15, 0.2) is 0 Å². The number of unbranched alkanes of at least 4 members (excludes halogenated alkanes) is 11. The predicted molar refractivity (Wildman–Crippen MR) is 90.6 cm³/mol. The molecule has 0 rings (SSSR count). The number of rotatable bonds is 15. The number of nitrogens with two attached hydrogens (primary N) is 1. The van der Waals surface area contributed by atoms with Gasteiger partial charge in [0.25, 0.3) is 0 Å². The van der Waals surface area contributed by atoms with Crippen molar-refractivity contribution in [2.24, 2.45) is 5.73 Å². The van der Waals surface area contributed by atoms with Crippen molar-refractivity contribution in [3.8, 4) is 0 Å². The van der Waals surface area contributed by atoms with E-state index in [1.165, 1.54) is 57.8 Å². The lowest BCUT2D eigenvalue weighted by Gasteiger charge is -2.04. The summed E-state index contributed by atoms with van der Waals surface area (Å²) in [6, 6.07) is 0. The van der Waals surface area contributed by atoms with Crippen molar-refractivity contribution in [3.63, 3.8) is 0 Å². The third kappa shape index (κ3) is 13.7. The number of aliphatic carboxylic acids is 1. The molecule has 0 radical (unpaired) electrons. The van der Waals surface area contributed by atoms with E-state index in [0.717, 1.165) is 25.3 Å². The number of carboxylic acids is 1. The molecule has 1 amide bonds. The molecule has 0 bridgehead atoms. The number of amides is 1. The molecule has 0 atom stereocenters. The molecule has 0 aromatic rings. The zero-order valence-electron chi connectivity index (χ0n) is 14.1. The highest BCUT2D eigenvalue weighted by Gasteiger charge is 2.06. The van der Waals surface area contributed by atoms with Gasteiger partial charge in [-0.3, -0.25) is 4.79 Å². The van der Waals surface area contributed by atoms with E-state index in [1.807, 2.05) is 0 Å². The van der Waals surface area contributed by atoms with Crippen molar-refractivity contribution < 1.29 is 14.7 Å². The molecule has 0 aromatic heterocycles. The van der Waals surface area contributed by atoms with E-state index < -0.39 is 11.9 Å². The van der Waals surface area contributed by atoms with Gasteiger partial charge < -0.3 is 10.8 Å². The van der Waals surface area contributed by atoms with Crippen molar-refractivity contribution in [2.45, 2.75) is 90.4 Å². The number of carbonyl (C=O) groups is 2. The monoisotopic (exact) mass is 311 g/mol. The van der Waals surface area contributed by atoms with Crippen LogP contribution in [0.25, 0.3) is 0 Å². The SMILES string of the molecule is CCCCCCCCCCCCCC/C(=C/C(=O)O)C(N)=O. The van der Waals surface area contributed by atoms with E-state index >= 15 is 0 Å². The molecule has 3 N–H and O–H groups in total. The third-order valence-corrected chi connectivity index (χ3v) is 3.91. The van der Waals surface area contributed by atoms with Gasteiger partial charge in [0, 0.05) is 11.6 Å². The maximum Gasteiger partial charge on any atom is 0.328 e. The first-order valence-corrected chi connectivity index (χ1v) is 8.81. The lowest BCUT2D eigenvalue weighted by molar-refractivity contribution is -0.131. The van der Waals surface area contributed by atoms with Gasteiger partial charge in [-0.25, -0.2) is 4.79 Å². The van der Waals surface area contributed by atoms with Gasteiger partial charge in [0.05, 0.1) is 0 Å². The van der Waals surface area contributed by atoms with Crippen molar-refractivity contribution in [3.05, 3.63) is 11.6 Å². The summed E-state index contributed by atoms with van der Waals surface area (Å²) < 4.78 is 0. The number of carbonyl (C=O) groups excluding carboxylic acids is 1. The van der Waals surface area contributed by atoms with Gasteiger partial charge >= 0.3 is 5.97 Å². The Hall–Kier alpha value is -1.32. The van der Waals surface area contributed by atoms with E-state index in [-0.39, 0.29) is 5.57 Å². The Morgan fingerprint density at radius 3 is 1.59 bits per heavy atom. The lowest BCUT2D eigenvalue weighted by Crippen LogP contribution is -2.15.